The minimum atomic E-state index is -0.309. The number of hydrogen-bond acceptors (Lipinski definition) is 4. The van der Waals surface area contributed by atoms with E-state index in [9.17, 15) is 9.59 Å². The van der Waals surface area contributed by atoms with Gasteiger partial charge in [-0.2, -0.15) is 0 Å². The summed E-state index contributed by atoms with van der Waals surface area (Å²) in [6.45, 7) is 6.49. The second-order valence-electron chi connectivity index (χ2n) is 9.64. The van der Waals surface area contributed by atoms with Gasteiger partial charge in [-0.05, 0) is 43.2 Å². The second kappa shape index (κ2) is 10.5. The van der Waals surface area contributed by atoms with Crippen LogP contribution in [0.3, 0.4) is 0 Å². The Morgan fingerprint density at radius 3 is 2.44 bits per heavy atom. The summed E-state index contributed by atoms with van der Waals surface area (Å²) >= 11 is 0. The van der Waals surface area contributed by atoms with Crippen LogP contribution in [-0.4, -0.2) is 39.8 Å². The van der Waals surface area contributed by atoms with E-state index in [1.165, 1.54) is 0 Å². The summed E-state index contributed by atoms with van der Waals surface area (Å²) in [5.74, 6) is 0.363. The summed E-state index contributed by atoms with van der Waals surface area (Å²) in [6.07, 6.45) is 2.89. The van der Waals surface area contributed by atoms with Crippen LogP contribution in [0.5, 0.6) is 0 Å². The molecule has 2 aromatic heterocycles. The Morgan fingerprint density at radius 1 is 1.06 bits per heavy atom. The third-order valence-corrected chi connectivity index (χ3v) is 7.04. The lowest BCUT2D eigenvalue weighted by Gasteiger charge is -2.38. The molecule has 0 aliphatic carbocycles. The predicted molar refractivity (Wildman–Crippen MR) is 142 cm³/mol. The van der Waals surface area contributed by atoms with Gasteiger partial charge in [0.25, 0.3) is 11.5 Å². The number of pyridine rings is 1. The average molecular weight is 481 g/mol. The fourth-order valence-electron chi connectivity index (χ4n) is 4.92. The lowest BCUT2D eigenvalue weighted by molar-refractivity contribution is 0.0599. The molecule has 6 heteroatoms. The molecule has 5 rings (SSSR count). The van der Waals surface area contributed by atoms with E-state index in [4.69, 9.17) is 4.98 Å². The third-order valence-electron chi connectivity index (χ3n) is 7.04. The quantitative estimate of drug-likeness (QED) is 0.406. The number of nitrogens with one attached hydrogen (secondary N) is 1. The number of hydrogen-bond donors (Lipinski definition) is 1. The van der Waals surface area contributed by atoms with Crippen LogP contribution in [0.1, 0.15) is 52.1 Å². The van der Waals surface area contributed by atoms with Gasteiger partial charge in [-0.3, -0.25) is 14.0 Å². The molecule has 1 amide bonds. The SMILES string of the molecule is CCC(c1nc2ccccn2c(=O)c1Cc1ccccc1)N(CC1CNC1)C(=O)c1ccc(C)cc1. The van der Waals surface area contributed by atoms with Crippen LogP contribution in [0.2, 0.25) is 0 Å². The Balaban J connectivity index is 1.64. The zero-order valence-electron chi connectivity index (χ0n) is 20.9. The standard InChI is InChI=1S/C30H32N4O2/c1-3-26(34(20-23-18-31-19-23)29(35)24-14-12-21(2)13-15-24)28-25(17-22-9-5-4-6-10-22)30(36)33-16-8-7-11-27(33)32-28/h4-16,23,26,31H,3,17-20H2,1-2H3. The van der Waals surface area contributed by atoms with E-state index < -0.39 is 0 Å². The normalized spacial score (nSPS) is 14.4. The molecule has 0 spiro atoms. The average Bonchev–Trinajstić information content (AvgIpc) is 2.88. The molecule has 1 aliphatic heterocycles. The van der Waals surface area contributed by atoms with Crippen LogP contribution in [0.4, 0.5) is 0 Å². The monoisotopic (exact) mass is 480 g/mol. The molecule has 36 heavy (non-hydrogen) atoms. The van der Waals surface area contributed by atoms with Gasteiger partial charge in [-0.25, -0.2) is 4.98 Å². The first kappa shape index (κ1) is 23.9. The van der Waals surface area contributed by atoms with Gasteiger partial charge in [0.2, 0.25) is 0 Å². The number of fused-ring (bicyclic) bond motifs is 1. The van der Waals surface area contributed by atoms with Crippen LogP contribution >= 0.6 is 0 Å². The van der Waals surface area contributed by atoms with Gasteiger partial charge < -0.3 is 10.2 Å². The number of aromatic nitrogens is 2. The zero-order valence-corrected chi connectivity index (χ0v) is 20.9. The lowest BCUT2D eigenvalue weighted by Crippen LogP contribution is -2.50. The molecule has 184 valence electrons. The molecular formula is C30H32N4O2. The molecule has 1 fully saturated rings. The smallest absolute Gasteiger partial charge is 0.261 e. The summed E-state index contributed by atoms with van der Waals surface area (Å²) in [5.41, 5.74) is 4.68. The van der Waals surface area contributed by atoms with E-state index in [1.807, 2.05) is 84.6 Å². The number of carbonyl (C=O) groups excluding carboxylic acids is 1. The van der Waals surface area contributed by atoms with Crippen LogP contribution in [0, 0.1) is 12.8 Å². The fourth-order valence-corrected chi connectivity index (χ4v) is 4.92. The van der Waals surface area contributed by atoms with Crippen LogP contribution in [-0.2, 0) is 6.42 Å². The lowest BCUT2D eigenvalue weighted by atomic mass is 9.95. The molecule has 0 radical (unpaired) electrons. The molecule has 1 unspecified atom stereocenters. The van der Waals surface area contributed by atoms with Crippen molar-refractivity contribution in [1.29, 1.82) is 0 Å². The van der Waals surface area contributed by atoms with Crippen molar-refractivity contribution in [1.82, 2.24) is 19.6 Å². The van der Waals surface area contributed by atoms with Crippen molar-refractivity contribution in [2.45, 2.75) is 32.7 Å². The summed E-state index contributed by atoms with van der Waals surface area (Å²) < 4.78 is 1.61. The van der Waals surface area contributed by atoms with Gasteiger partial charge in [-0.15, -0.1) is 0 Å². The van der Waals surface area contributed by atoms with E-state index in [1.54, 1.807) is 10.6 Å². The van der Waals surface area contributed by atoms with E-state index in [2.05, 4.69) is 12.2 Å². The first-order valence-corrected chi connectivity index (χ1v) is 12.7. The maximum absolute atomic E-state index is 13.9. The topological polar surface area (TPSA) is 66.7 Å². The Morgan fingerprint density at radius 2 is 1.78 bits per heavy atom. The van der Waals surface area contributed by atoms with Gasteiger partial charge in [0, 0.05) is 49.3 Å². The third kappa shape index (κ3) is 4.82. The zero-order chi connectivity index (χ0) is 25.1. The summed E-state index contributed by atoms with van der Waals surface area (Å²) in [6, 6.07) is 23.0. The maximum atomic E-state index is 13.9. The molecule has 1 atom stereocenters. The van der Waals surface area contributed by atoms with Crippen molar-refractivity contribution in [3.05, 3.63) is 117 Å². The highest BCUT2D eigenvalue weighted by molar-refractivity contribution is 5.94. The molecule has 2 aromatic carbocycles. The minimum absolute atomic E-state index is 0.0190. The van der Waals surface area contributed by atoms with Gasteiger partial charge in [0.05, 0.1) is 11.7 Å². The van der Waals surface area contributed by atoms with Crippen molar-refractivity contribution in [3.63, 3.8) is 0 Å². The Labute approximate surface area is 211 Å². The van der Waals surface area contributed by atoms with Crippen LogP contribution in [0.15, 0.2) is 83.8 Å². The van der Waals surface area contributed by atoms with Gasteiger partial charge >= 0.3 is 0 Å². The first-order valence-electron chi connectivity index (χ1n) is 12.7. The van der Waals surface area contributed by atoms with Gasteiger partial charge in [0.15, 0.2) is 0 Å². The van der Waals surface area contributed by atoms with Crippen LogP contribution in [0.25, 0.3) is 5.65 Å². The molecule has 1 N–H and O–H groups in total. The molecular weight excluding hydrogens is 448 g/mol. The van der Waals surface area contributed by atoms with E-state index in [0.717, 1.165) is 24.2 Å². The summed E-state index contributed by atoms with van der Waals surface area (Å²) in [7, 11) is 0. The van der Waals surface area contributed by atoms with Crippen molar-refractivity contribution in [2.75, 3.05) is 19.6 Å². The van der Waals surface area contributed by atoms with E-state index in [-0.39, 0.29) is 17.5 Å². The molecule has 4 aromatic rings. The second-order valence-corrected chi connectivity index (χ2v) is 9.64. The fraction of sp³-hybridized carbons (Fsp3) is 0.300. The number of aryl methyl sites for hydroxylation is 1. The van der Waals surface area contributed by atoms with Crippen molar-refractivity contribution >= 4 is 11.6 Å². The molecule has 1 saturated heterocycles. The van der Waals surface area contributed by atoms with Gasteiger partial charge in [0.1, 0.15) is 5.65 Å². The molecule has 0 saturated carbocycles. The Hall–Kier alpha value is -3.77. The van der Waals surface area contributed by atoms with Crippen molar-refractivity contribution < 1.29 is 4.79 Å². The first-order chi connectivity index (χ1) is 17.5. The molecule has 6 nitrogen and oxygen atoms in total. The maximum Gasteiger partial charge on any atom is 0.261 e. The van der Waals surface area contributed by atoms with Crippen molar-refractivity contribution in [3.8, 4) is 0 Å². The number of carbonyl (C=O) groups is 1. The largest absolute Gasteiger partial charge is 0.330 e. The van der Waals surface area contributed by atoms with Crippen LogP contribution < -0.4 is 10.9 Å². The Bertz CT molecular complexity index is 1410. The predicted octanol–water partition coefficient (Wildman–Crippen LogP) is 4.41. The molecule has 0 bridgehead atoms. The summed E-state index contributed by atoms with van der Waals surface area (Å²) in [4.78, 5) is 34.7. The summed E-state index contributed by atoms with van der Waals surface area (Å²) in [5, 5.41) is 3.32. The Kier molecular flexibility index (Phi) is 6.96. The van der Waals surface area contributed by atoms with Crippen molar-refractivity contribution in [2.24, 2.45) is 5.92 Å². The van der Waals surface area contributed by atoms with Gasteiger partial charge in [-0.1, -0.05) is 61.0 Å². The number of amides is 1. The molecule has 3 heterocycles. The minimum Gasteiger partial charge on any atom is -0.330 e. The van der Waals surface area contributed by atoms with E-state index >= 15 is 0 Å². The number of rotatable bonds is 8. The molecule has 1 aliphatic rings. The number of benzene rings is 2. The van der Waals surface area contributed by atoms with E-state index in [0.29, 0.717) is 47.8 Å². The number of nitrogens with zero attached hydrogens (tertiary/aromatic N) is 3. The highest BCUT2D eigenvalue weighted by Crippen LogP contribution is 2.29. The highest BCUT2D eigenvalue weighted by atomic mass is 16.2. The highest BCUT2D eigenvalue weighted by Gasteiger charge is 2.32.